The number of aryl methyl sites for hydroxylation is 1. The Balaban J connectivity index is 2.82. The van der Waals surface area contributed by atoms with Crippen LogP contribution in [0.15, 0.2) is 12.1 Å². The van der Waals surface area contributed by atoms with Crippen molar-refractivity contribution < 1.29 is 4.92 Å². The topological polar surface area (TPSA) is 71.8 Å². The minimum Gasteiger partial charge on any atom is -0.271 e. The molecule has 0 aliphatic carbocycles. The molecule has 0 aliphatic rings. The van der Waals surface area contributed by atoms with Crippen molar-refractivity contribution in [3.05, 3.63) is 31.5 Å². The molecular weight excluding hydrogens is 297 g/mol. The summed E-state index contributed by atoms with van der Waals surface area (Å²) in [5.74, 6) is 0. The third-order valence-corrected chi connectivity index (χ3v) is 2.82. The highest BCUT2D eigenvalue weighted by Crippen LogP contribution is 2.26. The Kier molecular flexibility index (Phi) is 2.14. The van der Waals surface area contributed by atoms with Gasteiger partial charge < -0.3 is 0 Å². The maximum atomic E-state index is 10.6. The summed E-state index contributed by atoms with van der Waals surface area (Å²) in [6.45, 7) is 1.81. The highest BCUT2D eigenvalue weighted by Gasteiger charge is 2.12. The van der Waals surface area contributed by atoms with Crippen molar-refractivity contribution in [3.8, 4) is 0 Å². The van der Waals surface area contributed by atoms with E-state index in [1.165, 1.54) is 12.1 Å². The first-order chi connectivity index (χ1) is 6.59. The highest BCUT2D eigenvalue weighted by molar-refractivity contribution is 14.1. The molecule has 6 heteroatoms. The minimum absolute atomic E-state index is 0.106. The standard InChI is InChI=1S/C8H6IN3O2/c1-4-2-5(12(13)14)3-6-7(4)10-11-8(6)9/h2-3H,1H3,(H,10,11). The molecule has 5 nitrogen and oxygen atoms in total. The number of hydrogen-bond donors (Lipinski definition) is 1. The Labute approximate surface area is 92.8 Å². The van der Waals surface area contributed by atoms with Crippen molar-refractivity contribution in [2.24, 2.45) is 0 Å². The van der Waals surface area contributed by atoms with E-state index in [2.05, 4.69) is 32.8 Å². The van der Waals surface area contributed by atoms with Gasteiger partial charge in [-0.15, -0.1) is 0 Å². The van der Waals surface area contributed by atoms with Gasteiger partial charge in [-0.1, -0.05) is 0 Å². The number of halogens is 1. The van der Waals surface area contributed by atoms with Crippen LogP contribution in [-0.2, 0) is 0 Å². The molecule has 0 atom stereocenters. The Morgan fingerprint density at radius 2 is 2.29 bits per heavy atom. The van der Waals surface area contributed by atoms with Gasteiger partial charge in [0.1, 0.15) is 3.70 Å². The van der Waals surface area contributed by atoms with E-state index >= 15 is 0 Å². The molecule has 14 heavy (non-hydrogen) atoms. The molecule has 1 aromatic carbocycles. The number of hydrogen-bond acceptors (Lipinski definition) is 3. The maximum Gasteiger partial charge on any atom is 0.270 e. The van der Waals surface area contributed by atoms with Crippen molar-refractivity contribution >= 4 is 39.2 Å². The van der Waals surface area contributed by atoms with Crippen LogP contribution in [-0.4, -0.2) is 15.1 Å². The van der Waals surface area contributed by atoms with E-state index in [9.17, 15) is 10.1 Å². The molecule has 0 unspecified atom stereocenters. The molecule has 1 aromatic heterocycles. The van der Waals surface area contributed by atoms with Gasteiger partial charge in [0.2, 0.25) is 0 Å². The number of aromatic nitrogens is 2. The van der Waals surface area contributed by atoms with Crippen LogP contribution < -0.4 is 0 Å². The van der Waals surface area contributed by atoms with E-state index in [-0.39, 0.29) is 5.69 Å². The Morgan fingerprint density at radius 1 is 1.57 bits per heavy atom. The van der Waals surface area contributed by atoms with Gasteiger partial charge in [0.05, 0.1) is 10.4 Å². The third-order valence-electron chi connectivity index (χ3n) is 2.00. The molecule has 0 radical (unpaired) electrons. The third kappa shape index (κ3) is 1.35. The Hall–Kier alpha value is -1.18. The molecule has 0 saturated carbocycles. The Morgan fingerprint density at radius 3 is 2.93 bits per heavy atom. The fourth-order valence-electron chi connectivity index (χ4n) is 1.35. The van der Waals surface area contributed by atoms with Crippen molar-refractivity contribution in [1.29, 1.82) is 0 Å². The summed E-state index contributed by atoms with van der Waals surface area (Å²) in [5.41, 5.74) is 1.71. The molecule has 0 fully saturated rings. The number of nitrogens with zero attached hydrogens (tertiary/aromatic N) is 2. The van der Waals surface area contributed by atoms with Crippen LogP contribution in [0.5, 0.6) is 0 Å². The van der Waals surface area contributed by atoms with Crippen LogP contribution in [0.25, 0.3) is 10.9 Å². The predicted molar refractivity (Wildman–Crippen MR) is 60.2 cm³/mol. The molecule has 0 bridgehead atoms. The van der Waals surface area contributed by atoms with Gasteiger partial charge in [0, 0.05) is 17.5 Å². The van der Waals surface area contributed by atoms with E-state index < -0.39 is 4.92 Å². The second-order valence-electron chi connectivity index (χ2n) is 2.95. The van der Waals surface area contributed by atoms with Crippen LogP contribution in [0, 0.1) is 20.7 Å². The molecule has 0 spiro atoms. The number of fused-ring (bicyclic) bond motifs is 1. The second kappa shape index (κ2) is 3.19. The quantitative estimate of drug-likeness (QED) is 0.499. The van der Waals surface area contributed by atoms with Gasteiger partial charge in [0.15, 0.2) is 0 Å². The first-order valence-electron chi connectivity index (χ1n) is 3.88. The lowest BCUT2D eigenvalue weighted by molar-refractivity contribution is -0.384. The van der Waals surface area contributed by atoms with Crippen molar-refractivity contribution in [2.45, 2.75) is 6.92 Å². The molecule has 0 amide bonds. The summed E-state index contributed by atoms with van der Waals surface area (Å²) in [7, 11) is 0. The van der Waals surface area contributed by atoms with Crippen molar-refractivity contribution in [2.75, 3.05) is 0 Å². The first-order valence-corrected chi connectivity index (χ1v) is 4.96. The molecule has 2 aromatic rings. The first kappa shape index (κ1) is 9.38. The van der Waals surface area contributed by atoms with Crippen LogP contribution in [0.2, 0.25) is 0 Å². The number of H-pyrrole nitrogens is 1. The predicted octanol–water partition coefficient (Wildman–Crippen LogP) is 2.38. The molecule has 2 rings (SSSR count). The number of benzene rings is 1. The zero-order valence-corrected chi connectivity index (χ0v) is 9.40. The molecular formula is C8H6IN3O2. The van der Waals surface area contributed by atoms with Crippen molar-refractivity contribution in [3.63, 3.8) is 0 Å². The molecule has 0 aliphatic heterocycles. The van der Waals surface area contributed by atoms with Crippen LogP contribution in [0.3, 0.4) is 0 Å². The lowest BCUT2D eigenvalue weighted by Gasteiger charge is -1.95. The van der Waals surface area contributed by atoms with Gasteiger partial charge in [-0.25, -0.2) is 0 Å². The normalized spacial score (nSPS) is 10.7. The largest absolute Gasteiger partial charge is 0.271 e. The summed E-state index contributed by atoms with van der Waals surface area (Å²) in [5, 5.41) is 18.3. The van der Waals surface area contributed by atoms with E-state index in [4.69, 9.17) is 0 Å². The van der Waals surface area contributed by atoms with Crippen LogP contribution in [0.1, 0.15) is 5.56 Å². The summed E-state index contributed by atoms with van der Waals surface area (Å²) in [6, 6.07) is 3.06. The summed E-state index contributed by atoms with van der Waals surface area (Å²) < 4.78 is 0.824. The van der Waals surface area contributed by atoms with E-state index in [1.54, 1.807) is 0 Å². The summed E-state index contributed by atoms with van der Waals surface area (Å²) in [4.78, 5) is 10.2. The number of nitro groups is 1. The number of non-ortho nitro benzene ring substituents is 1. The zero-order chi connectivity index (χ0) is 10.3. The van der Waals surface area contributed by atoms with Gasteiger partial charge in [0.25, 0.3) is 5.69 Å². The maximum absolute atomic E-state index is 10.6. The van der Waals surface area contributed by atoms with Gasteiger partial charge >= 0.3 is 0 Å². The lowest BCUT2D eigenvalue weighted by Crippen LogP contribution is -1.89. The smallest absolute Gasteiger partial charge is 0.270 e. The van der Waals surface area contributed by atoms with Gasteiger partial charge in [-0.3, -0.25) is 15.2 Å². The van der Waals surface area contributed by atoms with Crippen LogP contribution in [0.4, 0.5) is 5.69 Å². The van der Waals surface area contributed by atoms with E-state index in [1.807, 2.05) is 6.92 Å². The number of aromatic amines is 1. The average Bonchev–Trinajstić information content (AvgIpc) is 2.48. The number of nitro benzene ring substituents is 1. The summed E-state index contributed by atoms with van der Waals surface area (Å²) in [6.07, 6.45) is 0. The number of nitrogens with one attached hydrogen (secondary N) is 1. The monoisotopic (exact) mass is 303 g/mol. The van der Waals surface area contributed by atoms with Crippen molar-refractivity contribution in [1.82, 2.24) is 10.2 Å². The minimum atomic E-state index is -0.393. The van der Waals surface area contributed by atoms with Crippen LogP contribution >= 0.6 is 22.6 Å². The summed E-state index contributed by atoms with van der Waals surface area (Å²) >= 11 is 2.07. The molecule has 72 valence electrons. The molecule has 1 N–H and O–H groups in total. The highest BCUT2D eigenvalue weighted by atomic mass is 127. The lowest BCUT2D eigenvalue weighted by atomic mass is 10.1. The Bertz CT molecular complexity index is 521. The van der Waals surface area contributed by atoms with Gasteiger partial charge in [-0.05, 0) is 35.1 Å². The fourth-order valence-corrected chi connectivity index (χ4v) is 1.88. The van der Waals surface area contributed by atoms with Gasteiger partial charge in [-0.2, -0.15) is 5.10 Å². The number of rotatable bonds is 1. The zero-order valence-electron chi connectivity index (χ0n) is 7.24. The molecule has 0 saturated heterocycles. The van der Waals surface area contributed by atoms with E-state index in [0.717, 1.165) is 20.2 Å². The SMILES string of the molecule is Cc1cc([N+](=O)[O-])cc2c(I)[nH]nc12. The van der Waals surface area contributed by atoms with E-state index in [0.29, 0.717) is 0 Å². The fraction of sp³-hybridized carbons (Fsp3) is 0.125. The average molecular weight is 303 g/mol. The molecule has 1 heterocycles. The second-order valence-corrected chi connectivity index (χ2v) is 4.03.